The van der Waals surface area contributed by atoms with Crippen LogP contribution < -0.4 is 16.4 Å². The van der Waals surface area contributed by atoms with Gasteiger partial charge in [0.15, 0.2) is 0 Å². The Kier molecular flexibility index (Phi) is 3.50. The minimum absolute atomic E-state index is 0.0292. The highest BCUT2D eigenvalue weighted by Crippen LogP contribution is 2.32. The minimum Gasteiger partial charge on any atom is -0.397 e. The van der Waals surface area contributed by atoms with Crippen LogP contribution in [0, 0.1) is 6.92 Å². The lowest BCUT2D eigenvalue weighted by Crippen LogP contribution is -2.47. The molecule has 6 nitrogen and oxygen atoms in total. The van der Waals surface area contributed by atoms with E-state index in [2.05, 4.69) is 15.6 Å². The Bertz CT molecular complexity index is 715. The van der Waals surface area contributed by atoms with Gasteiger partial charge in [0.25, 0.3) is 5.91 Å². The summed E-state index contributed by atoms with van der Waals surface area (Å²) in [5.41, 5.74) is 7.42. The van der Waals surface area contributed by atoms with Gasteiger partial charge in [-0.25, -0.2) is 4.98 Å². The number of carbonyl (C=O) groups is 2. The van der Waals surface area contributed by atoms with Crippen LogP contribution in [-0.2, 0) is 4.79 Å². The number of aryl methyl sites for hydroxylation is 1. The van der Waals surface area contributed by atoms with Gasteiger partial charge in [-0.1, -0.05) is 0 Å². The fourth-order valence-electron chi connectivity index (χ4n) is 2.37. The molecule has 0 aromatic carbocycles. The van der Waals surface area contributed by atoms with E-state index in [0.717, 1.165) is 15.9 Å². The number of aromatic nitrogens is 1. The number of fused-ring (bicyclic) bond motifs is 1. The van der Waals surface area contributed by atoms with Gasteiger partial charge in [-0.3, -0.25) is 9.59 Å². The Morgan fingerprint density at radius 1 is 1.52 bits per heavy atom. The fraction of sp³-hybridized carbons (Fsp3) is 0.357. The zero-order chi connectivity index (χ0) is 15.0. The predicted molar refractivity (Wildman–Crippen MR) is 82.3 cm³/mol. The summed E-state index contributed by atoms with van der Waals surface area (Å²) in [7, 11) is 0. The molecule has 1 aliphatic rings. The van der Waals surface area contributed by atoms with Crippen LogP contribution in [0.2, 0.25) is 0 Å². The first kappa shape index (κ1) is 13.8. The zero-order valence-corrected chi connectivity index (χ0v) is 12.4. The molecule has 1 saturated heterocycles. The Labute approximate surface area is 125 Å². The largest absolute Gasteiger partial charge is 0.397 e. The second-order valence-electron chi connectivity index (χ2n) is 5.16. The third-order valence-electron chi connectivity index (χ3n) is 3.54. The van der Waals surface area contributed by atoms with Crippen molar-refractivity contribution in [3.8, 4) is 0 Å². The first-order valence-electron chi connectivity index (χ1n) is 6.78. The van der Waals surface area contributed by atoms with E-state index in [9.17, 15) is 9.59 Å². The molecule has 110 valence electrons. The quantitative estimate of drug-likeness (QED) is 0.776. The van der Waals surface area contributed by atoms with Gasteiger partial charge in [0.05, 0.1) is 5.69 Å². The van der Waals surface area contributed by atoms with Crippen molar-refractivity contribution < 1.29 is 9.59 Å². The van der Waals surface area contributed by atoms with Crippen molar-refractivity contribution in [2.24, 2.45) is 0 Å². The summed E-state index contributed by atoms with van der Waals surface area (Å²) in [5, 5.41) is 6.48. The maximum Gasteiger partial charge on any atom is 0.263 e. The molecule has 21 heavy (non-hydrogen) atoms. The number of carbonyl (C=O) groups excluding carboxylic acids is 2. The summed E-state index contributed by atoms with van der Waals surface area (Å²) in [5.74, 6) is -0.171. The maximum atomic E-state index is 12.3. The van der Waals surface area contributed by atoms with Gasteiger partial charge in [-0.2, -0.15) is 0 Å². The molecule has 0 bridgehead atoms. The number of rotatable bonds is 2. The second-order valence-corrected chi connectivity index (χ2v) is 6.16. The fourth-order valence-corrected chi connectivity index (χ4v) is 3.41. The molecule has 0 radical (unpaired) electrons. The van der Waals surface area contributed by atoms with E-state index in [1.807, 2.05) is 19.1 Å². The van der Waals surface area contributed by atoms with Gasteiger partial charge >= 0.3 is 0 Å². The SMILES string of the molecule is Cc1ccc2c(N)c(C(=O)NC3CCC(=O)NC3)sc2n1. The minimum atomic E-state index is -0.200. The molecule has 3 rings (SSSR count). The van der Waals surface area contributed by atoms with Crippen LogP contribution in [-0.4, -0.2) is 29.4 Å². The number of nitrogens with one attached hydrogen (secondary N) is 2. The number of nitrogens with zero attached hydrogens (tertiary/aromatic N) is 1. The molecule has 4 N–H and O–H groups in total. The summed E-state index contributed by atoms with van der Waals surface area (Å²) >= 11 is 1.30. The van der Waals surface area contributed by atoms with E-state index in [0.29, 0.717) is 30.0 Å². The highest BCUT2D eigenvalue weighted by Gasteiger charge is 2.23. The molecule has 0 spiro atoms. The number of anilines is 1. The van der Waals surface area contributed by atoms with E-state index in [4.69, 9.17) is 5.73 Å². The summed E-state index contributed by atoms with van der Waals surface area (Å²) < 4.78 is 0. The van der Waals surface area contributed by atoms with E-state index >= 15 is 0 Å². The number of amides is 2. The van der Waals surface area contributed by atoms with E-state index in [-0.39, 0.29) is 17.9 Å². The molecule has 2 aromatic rings. The molecular weight excluding hydrogens is 288 g/mol. The average Bonchev–Trinajstić information content (AvgIpc) is 2.78. The molecule has 1 aliphatic heterocycles. The molecule has 7 heteroatoms. The van der Waals surface area contributed by atoms with Crippen molar-refractivity contribution in [2.75, 3.05) is 12.3 Å². The summed E-state index contributed by atoms with van der Waals surface area (Å²) in [6.07, 6.45) is 1.09. The molecule has 0 saturated carbocycles. The van der Waals surface area contributed by atoms with E-state index < -0.39 is 0 Å². The Morgan fingerprint density at radius 2 is 2.33 bits per heavy atom. The summed E-state index contributed by atoms with van der Waals surface area (Å²) in [6.45, 7) is 2.37. The normalized spacial score (nSPS) is 18.5. The number of hydrogen-bond donors (Lipinski definition) is 3. The average molecular weight is 304 g/mol. The topological polar surface area (TPSA) is 97.1 Å². The zero-order valence-electron chi connectivity index (χ0n) is 11.6. The van der Waals surface area contributed by atoms with Crippen molar-refractivity contribution in [1.29, 1.82) is 0 Å². The lowest BCUT2D eigenvalue weighted by Gasteiger charge is -2.23. The van der Waals surface area contributed by atoms with E-state index in [1.54, 1.807) is 0 Å². The predicted octanol–water partition coefficient (Wildman–Crippen LogP) is 1.20. The van der Waals surface area contributed by atoms with Gasteiger partial charge < -0.3 is 16.4 Å². The molecule has 0 aliphatic carbocycles. The number of nitrogen functional groups attached to an aromatic ring is 1. The van der Waals surface area contributed by atoms with Gasteiger partial charge in [0.2, 0.25) is 5.91 Å². The highest BCUT2D eigenvalue weighted by atomic mass is 32.1. The van der Waals surface area contributed by atoms with Crippen LogP contribution in [0.3, 0.4) is 0 Å². The monoisotopic (exact) mass is 304 g/mol. The first-order chi connectivity index (χ1) is 10.0. The second kappa shape index (κ2) is 5.33. The standard InChI is InChI=1S/C14H16N4O2S/c1-7-2-4-9-11(15)12(21-14(9)17-7)13(20)18-8-3-5-10(19)16-6-8/h2,4,8H,3,5-6,15H2,1H3,(H,16,19)(H,18,20). The van der Waals surface area contributed by atoms with Gasteiger partial charge in [-0.15, -0.1) is 11.3 Å². The third-order valence-corrected chi connectivity index (χ3v) is 4.65. The number of thiophene rings is 1. The maximum absolute atomic E-state index is 12.3. The van der Waals surface area contributed by atoms with Crippen LogP contribution in [0.5, 0.6) is 0 Å². The van der Waals surface area contributed by atoms with Crippen molar-refractivity contribution in [3.63, 3.8) is 0 Å². The molecule has 1 fully saturated rings. The van der Waals surface area contributed by atoms with E-state index in [1.165, 1.54) is 11.3 Å². The van der Waals surface area contributed by atoms with Crippen molar-refractivity contribution in [1.82, 2.24) is 15.6 Å². The first-order valence-corrected chi connectivity index (χ1v) is 7.59. The van der Waals surface area contributed by atoms with Crippen LogP contribution in [0.15, 0.2) is 12.1 Å². The lowest BCUT2D eigenvalue weighted by molar-refractivity contribution is -0.122. The van der Waals surface area contributed by atoms with Crippen LogP contribution in [0.25, 0.3) is 10.2 Å². The van der Waals surface area contributed by atoms with Crippen molar-refractivity contribution in [2.45, 2.75) is 25.8 Å². The molecule has 2 aromatic heterocycles. The molecular formula is C14H16N4O2S. The Balaban J connectivity index is 1.81. The van der Waals surface area contributed by atoms with Crippen molar-refractivity contribution in [3.05, 3.63) is 22.7 Å². The summed E-state index contributed by atoms with van der Waals surface area (Å²) in [4.78, 5) is 29.1. The van der Waals surface area contributed by atoms with Gasteiger partial charge in [-0.05, 0) is 25.5 Å². The Hall–Kier alpha value is -2.15. The molecule has 2 amide bonds. The molecule has 1 unspecified atom stereocenters. The lowest BCUT2D eigenvalue weighted by atomic mass is 10.1. The van der Waals surface area contributed by atoms with Gasteiger partial charge in [0.1, 0.15) is 9.71 Å². The highest BCUT2D eigenvalue weighted by molar-refractivity contribution is 7.21. The smallest absolute Gasteiger partial charge is 0.263 e. The summed E-state index contributed by atoms with van der Waals surface area (Å²) in [6, 6.07) is 3.72. The van der Waals surface area contributed by atoms with Gasteiger partial charge in [0, 0.05) is 30.1 Å². The number of nitrogens with two attached hydrogens (primary N) is 1. The Morgan fingerprint density at radius 3 is 3.05 bits per heavy atom. The molecule has 1 atom stereocenters. The van der Waals surface area contributed by atoms with Crippen molar-refractivity contribution >= 4 is 39.1 Å². The molecule has 3 heterocycles. The van der Waals surface area contributed by atoms with Crippen LogP contribution in [0.1, 0.15) is 28.2 Å². The number of pyridine rings is 1. The third kappa shape index (κ3) is 2.69. The van der Waals surface area contributed by atoms with Crippen LogP contribution in [0.4, 0.5) is 5.69 Å². The number of piperidine rings is 1. The van der Waals surface area contributed by atoms with Crippen LogP contribution >= 0.6 is 11.3 Å². The number of hydrogen-bond acceptors (Lipinski definition) is 5.